The van der Waals surface area contributed by atoms with Crippen molar-refractivity contribution in [1.29, 1.82) is 0 Å². The summed E-state index contributed by atoms with van der Waals surface area (Å²) in [5.74, 6) is 0. The van der Waals surface area contributed by atoms with Crippen LogP contribution in [0, 0.1) is 0 Å². The molecule has 0 unspecified atom stereocenters. The highest BCUT2D eigenvalue weighted by Crippen LogP contribution is 2.34. The molecule has 4 rings (SSSR count). The van der Waals surface area contributed by atoms with E-state index in [1.165, 1.54) is 10.5 Å². The van der Waals surface area contributed by atoms with Crippen molar-refractivity contribution in [2.45, 2.75) is 29.8 Å². The molecule has 2 aromatic carbocycles. The Kier molecular flexibility index (Phi) is 5.95. The fourth-order valence-corrected chi connectivity index (χ4v) is 4.98. The normalized spacial score (nSPS) is 21.1. The third-order valence-electron chi connectivity index (χ3n) is 5.52. The molecule has 0 aromatic heterocycles. The molecule has 2 aliphatic heterocycles. The van der Waals surface area contributed by atoms with Gasteiger partial charge in [0.15, 0.2) is 0 Å². The maximum Gasteiger partial charge on any atom is 0.0843 e. The first kappa shape index (κ1) is 18.1. The number of morpholine rings is 1. The zero-order valence-corrected chi connectivity index (χ0v) is 16.2. The molecule has 2 heterocycles. The highest BCUT2D eigenvalue weighted by molar-refractivity contribution is 7.97. The second-order valence-corrected chi connectivity index (χ2v) is 8.55. The molecule has 2 aromatic rings. The second-order valence-electron chi connectivity index (χ2n) is 7.38. The average molecular weight is 369 g/mol. The standard InChI is InChI=1S/C22H28N2OS/c1-3-7-20(8-4-1)11-14-23-15-12-22(13-16-23)19-24(17-18-25-22)26-21-9-5-2-6-10-21/h1-10H,11-19H2. The Hall–Kier alpha value is -1.33. The van der Waals surface area contributed by atoms with Crippen LogP contribution in [0.15, 0.2) is 65.6 Å². The third kappa shape index (κ3) is 4.68. The predicted octanol–water partition coefficient (Wildman–Crippen LogP) is 4.10. The van der Waals surface area contributed by atoms with Crippen LogP contribution in [0.25, 0.3) is 0 Å². The van der Waals surface area contributed by atoms with E-state index < -0.39 is 0 Å². The monoisotopic (exact) mass is 368 g/mol. The minimum atomic E-state index is 0.0588. The van der Waals surface area contributed by atoms with E-state index in [-0.39, 0.29) is 5.60 Å². The van der Waals surface area contributed by atoms with Crippen molar-refractivity contribution in [2.75, 3.05) is 39.3 Å². The summed E-state index contributed by atoms with van der Waals surface area (Å²) in [5.41, 5.74) is 1.50. The average Bonchev–Trinajstić information content (AvgIpc) is 2.69. The lowest BCUT2D eigenvalue weighted by Crippen LogP contribution is -2.55. The summed E-state index contributed by atoms with van der Waals surface area (Å²) in [6.45, 7) is 6.36. The van der Waals surface area contributed by atoms with Crippen molar-refractivity contribution < 1.29 is 4.74 Å². The number of rotatable bonds is 5. The molecular weight excluding hydrogens is 340 g/mol. The highest BCUT2D eigenvalue weighted by Gasteiger charge is 2.39. The van der Waals surface area contributed by atoms with Crippen LogP contribution >= 0.6 is 11.9 Å². The Bertz CT molecular complexity index is 671. The van der Waals surface area contributed by atoms with Crippen molar-refractivity contribution >= 4 is 11.9 Å². The summed E-state index contributed by atoms with van der Waals surface area (Å²) >= 11 is 1.88. The lowest BCUT2D eigenvalue weighted by Gasteiger charge is -2.47. The smallest absolute Gasteiger partial charge is 0.0843 e. The Labute approximate surface area is 161 Å². The first-order valence-corrected chi connectivity index (χ1v) is 10.5. The number of likely N-dealkylation sites (tertiary alicyclic amines) is 1. The molecule has 3 nitrogen and oxygen atoms in total. The maximum atomic E-state index is 6.30. The lowest BCUT2D eigenvalue weighted by atomic mass is 9.90. The number of benzene rings is 2. The molecule has 1 spiro atoms. The summed E-state index contributed by atoms with van der Waals surface area (Å²) in [6, 6.07) is 21.5. The van der Waals surface area contributed by atoms with Gasteiger partial charge in [0.05, 0.1) is 12.2 Å². The van der Waals surface area contributed by atoms with Gasteiger partial charge in [-0.05, 0) is 48.9 Å². The molecule has 2 aliphatic rings. The zero-order chi connectivity index (χ0) is 17.7. The van der Waals surface area contributed by atoms with Gasteiger partial charge in [-0.25, -0.2) is 4.31 Å². The fourth-order valence-electron chi connectivity index (χ4n) is 3.94. The van der Waals surface area contributed by atoms with Gasteiger partial charge in [0.2, 0.25) is 0 Å². The van der Waals surface area contributed by atoms with E-state index in [2.05, 4.69) is 69.9 Å². The second kappa shape index (κ2) is 8.57. The summed E-state index contributed by atoms with van der Waals surface area (Å²) < 4.78 is 8.80. The van der Waals surface area contributed by atoms with Crippen LogP contribution in [0.1, 0.15) is 18.4 Å². The quantitative estimate of drug-likeness (QED) is 0.738. The minimum absolute atomic E-state index is 0.0588. The number of piperidine rings is 1. The van der Waals surface area contributed by atoms with E-state index in [1.54, 1.807) is 0 Å². The largest absolute Gasteiger partial charge is 0.372 e. The number of ether oxygens (including phenoxy) is 1. The van der Waals surface area contributed by atoms with E-state index in [4.69, 9.17) is 4.74 Å². The van der Waals surface area contributed by atoms with Crippen LogP contribution in [0.5, 0.6) is 0 Å². The fraction of sp³-hybridized carbons (Fsp3) is 0.455. The van der Waals surface area contributed by atoms with Gasteiger partial charge in [-0.15, -0.1) is 0 Å². The molecule has 4 heteroatoms. The summed E-state index contributed by atoms with van der Waals surface area (Å²) in [6.07, 6.45) is 3.44. The van der Waals surface area contributed by atoms with Gasteiger partial charge in [-0.2, -0.15) is 0 Å². The Balaban J connectivity index is 1.27. The van der Waals surface area contributed by atoms with Crippen LogP contribution in [0.4, 0.5) is 0 Å². The molecule has 0 atom stereocenters. The van der Waals surface area contributed by atoms with Crippen molar-refractivity contribution in [3.05, 3.63) is 66.2 Å². The van der Waals surface area contributed by atoms with E-state index >= 15 is 0 Å². The molecule has 0 N–H and O–H groups in total. The van der Waals surface area contributed by atoms with E-state index in [0.717, 1.165) is 58.6 Å². The summed E-state index contributed by atoms with van der Waals surface area (Å²) in [4.78, 5) is 3.93. The Morgan fingerprint density at radius 1 is 0.885 bits per heavy atom. The summed E-state index contributed by atoms with van der Waals surface area (Å²) in [5, 5.41) is 0. The van der Waals surface area contributed by atoms with Crippen molar-refractivity contribution in [1.82, 2.24) is 9.21 Å². The van der Waals surface area contributed by atoms with Gasteiger partial charge in [0.1, 0.15) is 0 Å². The molecular formula is C22H28N2OS. The third-order valence-corrected chi connectivity index (χ3v) is 6.57. The number of hydrogen-bond donors (Lipinski definition) is 0. The van der Waals surface area contributed by atoms with Crippen LogP contribution in [0.3, 0.4) is 0 Å². The van der Waals surface area contributed by atoms with Gasteiger partial charge in [0, 0.05) is 37.6 Å². The topological polar surface area (TPSA) is 15.7 Å². The van der Waals surface area contributed by atoms with Crippen LogP contribution < -0.4 is 0 Å². The number of nitrogens with zero attached hydrogens (tertiary/aromatic N) is 2. The molecule has 0 saturated carbocycles. The van der Waals surface area contributed by atoms with Crippen molar-refractivity contribution in [3.63, 3.8) is 0 Å². The van der Waals surface area contributed by atoms with E-state index in [1.807, 2.05) is 11.9 Å². The molecule has 2 fully saturated rings. The molecule has 138 valence electrons. The van der Waals surface area contributed by atoms with E-state index in [0.29, 0.717) is 0 Å². The molecule has 0 amide bonds. The zero-order valence-electron chi connectivity index (χ0n) is 15.3. The highest BCUT2D eigenvalue weighted by atomic mass is 32.2. The van der Waals surface area contributed by atoms with Gasteiger partial charge in [-0.1, -0.05) is 48.5 Å². The lowest BCUT2D eigenvalue weighted by molar-refractivity contribution is -0.117. The molecule has 0 aliphatic carbocycles. The van der Waals surface area contributed by atoms with Gasteiger partial charge in [-0.3, -0.25) is 0 Å². The van der Waals surface area contributed by atoms with Crippen LogP contribution in [-0.4, -0.2) is 54.1 Å². The first-order valence-electron chi connectivity index (χ1n) is 9.70. The molecule has 2 saturated heterocycles. The van der Waals surface area contributed by atoms with E-state index in [9.17, 15) is 0 Å². The van der Waals surface area contributed by atoms with Gasteiger partial charge >= 0.3 is 0 Å². The molecule has 0 bridgehead atoms. The SMILES string of the molecule is c1ccc(CCN2CCC3(CC2)CN(Sc2ccccc2)CCO3)cc1. The Morgan fingerprint density at radius 2 is 1.58 bits per heavy atom. The number of hydrogen-bond acceptors (Lipinski definition) is 4. The van der Waals surface area contributed by atoms with Crippen molar-refractivity contribution in [3.8, 4) is 0 Å². The first-order chi connectivity index (χ1) is 12.8. The molecule has 0 radical (unpaired) electrons. The Morgan fingerprint density at radius 3 is 2.31 bits per heavy atom. The van der Waals surface area contributed by atoms with Crippen molar-refractivity contribution in [2.24, 2.45) is 0 Å². The maximum absolute atomic E-state index is 6.30. The molecule has 26 heavy (non-hydrogen) atoms. The van der Waals surface area contributed by atoms with Crippen LogP contribution in [-0.2, 0) is 11.2 Å². The minimum Gasteiger partial charge on any atom is -0.372 e. The van der Waals surface area contributed by atoms with Gasteiger partial charge < -0.3 is 9.64 Å². The summed E-state index contributed by atoms with van der Waals surface area (Å²) in [7, 11) is 0. The van der Waals surface area contributed by atoms with Gasteiger partial charge in [0.25, 0.3) is 0 Å². The van der Waals surface area contributed by atoms with Crippen LogP contribution in [0.2, 0.25) is 0 Å². The predicted molar refractivity (Wildman–Crippen MR) is 108 cm³/mol.